The molecule has 6 atom stereocenters. The number of aliphatic hydroxyl groups is 1. The molecule has 1 aromatic heterocycles. The first-order valence-corrected chi connectivity index (χ1v) is 13.1. The smallest absolute Gasteiger partial charge is 0.153 e. The summed E-state index contributed by atoms with van der Waals surface area (Å²) in [5.41, 5.74) is 13.5. The summed E-state index contributed by atoms with van der Waals surface area (Å²) < 4.78 is 7.39. The van der Waals surface area contributed by atoms with Gasteiger partial charge >= 0.3 is 0 Å². The van der Waals surface area contributed by atoms with Crippen LogP contribution in [0.5, 0.6) is 0 Å². The first-order valence-electron chi connectivity index (χ1n) is 13.1. The minimum atomic E-state index is -0.335. The number of nitrogens with one attached hydrogen (secondary N) is 1. The van der Waals surface area contributed by atoms with Crippen molar-refractivity contribution in [2.75, 3.05) is 19.8 Å². The summed E-state index contributed by atoms with van der Waals surface area (Å²) in [6, 6.07) is 6.66. The highest BCUT2D eigenvalue weighted by Crippen LogP contribution is 2.69. The number of aromatic amines is 1. The topological polar surface area (TPSA) is 87.4 Å². The lowest BCUT2D eigenvalue weighted by molar-refractivity contribution is -0.145. The Morgan fingerprint density at radius 3 is 2.89 bits per heavy atom. The van der Waals surface area contributed by atoms with Crippen molar-refractivity contribution in [3.8, 4) is 0 Å². The highest BCUT2D eigenvalue weighted by atomic mass is 16.5. The number of nitrogens with zero attached hydrogens (tertiary/aromatic N) is 2. The van der Waals surface area contributed by atoms with E-state index in [1.54, 1.807) is 0 Å². The summed E-state index contributed by atoms with van der Waals surface area (Å²) in [6.45, 7) is 4.76. The number of nitrogens with two attached hydrogens (primary N) is 1. The van der Waals surface area contributed by atoms with E-state index in [0.717, 1.165) is 43.0 Å². The molecule has 184 valence electrons. The zero-order valence-electron chi connectivity index (χ0n) is 21.2. The molecular weight excluding hydrogens is 436 g/mol. The monoisotopic (exact) mass is 472 g/mol. The van der Waals surface area contributed by atoms with Gasteiger partial charge in [-0.25, -0.2) is 0 Å². The molecule has 2 bridgehead atoms. The van der Waals surface area contributed by atoms with Crippen LogP contribution in [0.25, 0.3) is 16.5 Å². The summed E-state index contributed by atoms with van der Waals surface area (Å²) in [7, 11) is 4.16. The number of rotatable bonds is 2. The van der Waals surface area contributed by atoms with Crippen molar-refractivity contribution >= 4 is 22.3 Å². The Morgan fingerprint density at radius 1 is 1.26 bits per heavy atom. The second-order valence-corrected chi connectivity index (χ2v) is 12.2. The van der Waals surface area contributed by atoms with Crippen molar-refractivity contribution in [1.82, 2.24) is 15.1 Å². The van der Waals surface area contributed by atoms with Gasteiger partial charge in [0.1, 0.15) is 0 Å². The van der Waals surface area contributed by atoms with Gasteiger partial charge in [-0.1, -0.05) is 30.7 Å². The zero-order chi connectivity index (χ0) is 24.3. The number of anilines is 1. The number of hydrogen-bond acceptors (Lipinski definition) is 5. The van der Waals surface area contributed by atoms with Crippen molar-refractivity contribution in [3.05, 3.63) is 52.6 Å². The minimum Gasteiger partial charge on any atom is -0.391 e. The van der Waals surface area contributed by atoms with Crippen LogP contribution >= 0.6 is 0 Å². The number of fused-ring (bicyclic) bond motifs is 2. The number of nitrogen functional groups attached to an aromatic ring is 1. The van der Waals surface area contributed by atoms with Gasteiger partial charge < -0.3 is 20.5 Å². The molecule has 1 saturated carbocycles. The molecule has 4 N–H and O–H groups in total. The zero-order valence-corrected chi connectivity index (χ0v) is 21.2. The van der Waals surface area contributed by atoms with Crippen LogP contribution in [0, 0.1) is 11.3 Å². The van der Waals surface area contributed by atoms with Gasteiger partial charge in [-0.3, -0.25) is 5.10 Å². The molecule has 3 aliphatic carbocycles. The van der Waals surface area contributed by atoms with Gasteiger partial charge in [0, 0.05) is 22.8 Å². The number of H-pyrrole nitrogens is 1. The predicted octanol–water partition coefficient (Wildman–Crippen LogP) is 4.59. The highest BCUT2D eigenvalue weighted by Gasteiger charge is 2.66. The average Bonchev–Trinajstić information content (AvgIpc) is 3.46. The van der Waals surface area contributed by atoms with Crippen LogP contribution in [0.3, 0.4) is 0 Å². The summed E-state index contributed by atoms with van der Waals surface area (Å²) in [4.78, 5) is 2.18. The number of aliphatic hydroxyl groups excluding tert-OH is 1. The third-order valence-electron chi connectivity index (χ3n) is 10.2. The summed E-state index contributed by atoms with van der Waals surface area (Å²) in [5, 5.41) is 19.1. The van der Waals surface area contributed by atoms with Gasteiger partial charge in [0.2, 0.25) is 0 Å². The molecule has 0 amide bonds. The number of aromatic nitrogens is 2. The fourth-order valence-corrected chi connectivity index (χ4v) is 8.62. The maximum atomic E-state index is 10.9. The molecule has 1 saturated heterocycles. The molecule has 2 fully saturated rings. The van der Waals surface area contributed by atoms with Crippen molar-refractivity contribution < 1.29 is 9.84 Å². The van der Waals surface area contributed by atoms with E-state index in [1.165, 1.54) is 27.9 Å². The molecule has 2 spiro atoms. The molecule has 35 heavy (non-hydrogen) atoms. The Morgan fingerprint density at radius 2 is 2.09 bits per heavy atom. The fourth-order valence-electron chi connectivity index (χ4n) is 8.62. The van der Waals surface area contributed by atoms with Gasteiger partial charge in [0.05, 0.1) is 22.8 Å². The molecule has 2 aliphatic heterocycles. The van der Waals surface area contributed by atoms with Crippen molar-refractivity contribution in [2.24, 2.45) is 11.3 Å². The molecular formula is C29H36N4O2. The van der Waals surface area contributed by atoms with Gasteiger partial charge in [-0.2, -0.15) is 5.10 Å². The van der Waals surface area contributed by atoms with Crippen LogP contribution < -0.4 is 5.73 Å². The molecule has 5 aliphatic rings. The molecule has 6 nitrogen and oxygen atoms in total. The lowest BCUT2D eigenvalue weighted by atomic mass is 9.56. The predicted molar refractivity (Wildman–Crippen MR) is 139 cm³/mol. The Bertz CT molecular complexity index is 1350. The first-order chi connectivity index (χ1) is 16.7. The number of hydrogen-bond donors (Lipinski definition) is 3. The third kappa shape index (κ3) is 2.68. The van der Waals surface area contributed by atoms with Gasteiger partial charge in [0.15, 0.2) is 5.82 Å². The number of likely N-dealkylation sites (N-methyl/N-ethyl adjacent to an activating group) is 1. The molecule has 6 heteroatoms. The number of ether oxygens (including phenoxy) is 1. The normalized spacial score (nSPS) is 40.0. The SMILES string of the molecule is CC1=C2C=C3CC(O)[C@@H](N(C)C)C[C@]34CC[C@]2(O4)C2CC=C(c3ccc4[nH]nc(N)c4c3)C2(C)C1. The minimum absolute atomic E-state index is 0.00572. The van der Waals surface area contributed by atoms with E-state index in [2.05, 4.69) is 73.4 Å². The van der Waals surface area contributed by atoms with Gasteiger partial charge in [-0.15, -0.1) is 0 Å². The summed E-state index contributed by atoms with van der Waals surface area (Å²) >= 11 is 0. The van der Waals surface area contributed by atoms with E-state index < -0.39 is 0 Å². The second-order valence-electron chi connectivity index (χ2n) is 12.2. The van der Waals surface area contributed by atoms with Crippen LogP contribution in [0.15, 0.2) is 47.1 Å². The van der Waals surface area contributed by atoms with Gasteiger partial charge in [-0.05, 0) is 94.0 Å². The standard InChI is InChI=1S/C29H36N4O2/c1-16-14-27(2)20(17-5-7-22-19(11-17)26(30)32-31-22)6-8-25(27)29-10-9-28(35-29)15-23(33(3)4)24(34)13-18(28)12-21(16)29/h5-7,11-12,23-25,34H,8-10,13-15H2,1-4H3,(H3,30,31,32)/t23-,24?,25?,27?,28+,29+/m0/s1. The van der Waals surface area contributed by atoms with E-state index in [4.69, 9.17) is 10.5 Å². The lowest BCUT2D eigenvalue weighted by Gasteiger charge is -2.56. The Hall–Kier alpha value is -2.41. The number of allylic oxidation sites excluding steroid dienone is 3. The molecule has 0 radical (unpaired) electrons. The Labute approximate surface area is 206 Å². The first kappa shape index (κ1) is 21.8. The molecule has 2 aromatic rings. The second kappa shape index (κ2) is 6.87. The van der Waals surface area contributed by atoms with E-state index in [1.807, 2.05) is 0 Å². The number of benzene rings is 1. The van der Waals surface area contributed by atoms with Crippen LogP contribution in [0.2, 0.25) is 0 Å². The Kier molecular flexibility index (Phi) is 4.29. The van der Waals surface area contributed by atoms with Crippen LogP contribution in [-0.4, -0.2) is 57.6 Å². The highest BCUT2D eigenvalue weighted by molar-refractivity contribution is 5.92. The third-order valence-corrected chi connectivity index (χ3v) is 10.2. The quantitative estimate of drug-likeness (QED) is 0.595. The van der Waals surface area contributed by atoms with Crippen molar-refractivity contribution in [2.45, 2.75) is 75.7 Å². The average molecular weight is 473 g/mol. The van der Waals surface area contributed by atoms with Crippen molar-refractivity contribution in [3.63, 3.8) is 0 Å². The Balaban J connectivity index is 1.32. The maximum Gasteiger partial charge on any atom is 0.153 e. The van der Waals surface area contributed by atoms with E-state index >= 15 is 0 Å². The van der Waals surface area contributed by atoms with Crippen LogP contribution in [0.1, 0.15) is 57.9 Å². The maximum absolute atomic E-state index is 10.9. The molecule has 3 heterocycles. The largest absolute Gasteiger partial charge is 0.391 e. The fraction of sp³-hybridized carbons (Fsp3) is 0.552. The molecule has 1 aromatic carbocycles. The van der Waals surface area contributed by atoms with Crippen molar-refractivity contribution in [1.29, 1.82) is 0 Å². The van der Waals surface area contributed by atoms with Crippen LogP contribution in [0.4, 0.5) is 5.82 Å². The van der Waals surface area contributed by atoms with E-state index in [0.29, 0.717) is 18.2 Å². The summed E-state index contributed by atoms with van der Waals surface area (Å²) in [6.07, 6.45) is 10.3. The summed E-state index contributed by atoms with van der Waals surface area (Å²) in [5.74, 6) is 0.964. The van der Waals surface area contributed by atoms with E-state index in [9.17, 15) is 5.11 Å². The van der Waals surface area contributed by atoms with Gasteiger partial charge in [0.25, 0.3) is 0 Å². The molecule has 7 rings (SSSR count). The van der Waals surface area contributed by atoms with Crippen LogP contribution in [-0.2, 0) is 4.74 Å². The molecule has 3 unspecified atom stereocenters. The lowest BCUT2D eigenvalue weighted by Crippen LogP contribution is -2.57. The van der Waals surface area contributed by atoms with E-state index in [-0.39, 0.29) is 28.8 Å².